The van der Waals surface area contributed by atoms with Crippen molar-refractivity contribution < 1.29 is 19.1 Å². The van der Waals surface area contributed by atoms with Crippen LogP contribution in [0.1, 0.15) is 25.8 Å². The number of carbonyl (C=O) groups is 3. The van der Waals surface area contributed by atoms with Gasteiger partial charge in [-0.3, -0.25) is 19.9 Å². The maximum Gasteiger partial charge on any atom is 0.336 e. The van der Waals surface area contributed by atoms with Gasteiger partial charge in [0.2, 0.25) is 0 Å². The van der Waals surface area contributed by atoms with Crippen LogP contribution in [0.25, 0.3) is 6.08 Å². The van der Waals surface area contributed by atoms with E-state index < -0.39 is 17.8 Å². The third-order valence-corrected chi connectivity index (χ3v) is 4.11. The Kier molecular flexibility index (Phi) is 5.30. The smallest absolute Gasteiger partial charge is 0.336 e. The van der Waals surface area contributed by atoms with E-state index in [0.29, 0.717) is 11.3 Å². The molecule has 2 aromatic rings. The van der Waals surface area contributed by atoms with Crippen molar-refractivity contribution in [2.45, 2.75) is 26.4 Å². The minimum Gasteiger partial charge on any atom is -0.491 e. The summed E-state index contributed by atoms with van der Waals surface area (Å²) < 4.78 is 5.71. The van der Waals surface area contributed by atoms with Gasteiger partial charge in [-0.2, -0.15) is 0 Å². The number of amides is 4. The van der Waals surface area contributed by atoms with E-state index in [1.165, 1.54) is 18.5 Å². The number of rotatable bonds is 5. The van der Waals surface area contributed by atoms with Crippen LogP contribution in [-0.2, 0) is 9.59 Å². The number of aromatic nitrogens is 1. The van der Waals surface area contributed by atoms with Gasteiger partial charge in [0, 0.05) is 6.20 Å². The van der Waals surface area contributed by atoms with Crippen LogP contribution in [-0.4, -0.2) is 28.9 Å². The number of benzene rings is 1. The Hall–Kier alpha value is -3.48. The minimum atomic E-state index is -0.799. The third kappa shape index (κ3) is 4.03. The Bertz CT molecular complexity index is 891. The first kappa shape index (κ1) is 18.3. The topological polar surface area (TPSA) is 88.6 Å². The molecule has 0 radical (unpaired) electrons. The molecule has 4 amide bonds. The summed E-state index contributed by atoms with van der Waals surface area (Å²) in [5, 5.41) is 2.18. The fraction of sp³-hybridized carbons (Fsp3) is 0.200. The molecular formula is C20H19N3O4. The molecule has 7 nitrogen and oxygen atoms in total. The van der Waals surface area contributed by atoms with Crippen molar-refractivity contribution >= 4 is 29.6 Å². The predicted molar refractivity (Wildman–Crippen MR) is 100 cm³/mol. The molecule has 1 atom stereocenters. The van der Waals surface area contributed by atoms with Crippen LogP contribution < -0.4 is 15.0 Å². The maximum atomic E-state index is 12.7. The summed E-state index contributed by atoms with van der Waals surface area (Å²) in [6.07, 6.45) is 5.34. The Balaban J connectivity index is 1.87. The highest BCUT2D eigenvalue weighted by Crippen LogP contribution is 2.22. The number of urea groups is 1. The number of hydrogen-bond donors (Lipinski definition) is 1. The van der Waals surface area contributed by atoms with Gasteiger partial charge in [-0.25, -0.2) is 9.69 Å². The van der Waals surface area contributed by atoms with E-state index in [9.17, 15) is 14.4 Å². The van der Waals surface area contributed by atoms with Crippen molar-refractivity contribution in [1.82, 2.24) is 10.3 Å². The van der Waals surface area contributed by atoms with Crippen LogP contribution >= 0.6 is 0 Å². The number of imide groups is 2. The van der Waals surface area contributed by atoms with E-state index in [0.717, 1.165) is 11.3 Å². The average molecular weight is 365 g/mol. The predicted octanol–water partition coefficient (Wildman–Crippen LogP) is 2.93. The van der Waals surface area contributed by atoms with Gasteiger partial charge < -0.3 is 4.74 Å². The first-order chi connectivity index (χ1) is 13.0. The summed E-state index contributed by atoms with van der Waals surface area (Å²) in [5.41, 5.74) is 0.801. The van der Waals surface area contributed by atoms with Crippen molar-refractivity contribution in [3.63, 3.8) is 0 Å². The lowest BCUT2D eigenvalue weighted by molar-refractivity contribution is -0.122. The fourth-order valence-corrected chi connectivity index (χ4v) is 2.50. The number of barbiturate groups is 1. The van der Waals surface area contributed by atoms with Crippen LogP contribution in [0.5, 0.6) is 5.75 Å². The Morgan fingerprint density at radius 2 is 1.93 bits per heavy atom. The highest BCUT2D eigenvalue weighted by atomic mass is 16.5. The van der Waals surface area contributed by atoms with Crippen molar-refractivity contribution in [1.29, 1.82) is 0 Å². The summed E-state index contributed by atoms with van der Waals surface area (Å²) >= 11 is 0. The van der Waals surface area contributed by atoms with Crippen LogP contribution in [0, 0.1) is 0 Å². The zero-order valence-corrected chi connectivity index (χ0v) is 15.0. The van der Waals surface area contributed by atoms with Gasteiger partial charge >= 0.3 is 6.03 Å². The largest absolute Gasteiger partial charge is 0.491 e. The second-order valence-electron chi connectivity index (χ2n) is 6.07. The Morgan fingerprint density at radius 3 is 2.56 bits per heavy atom. The van der Waals surface area contributed by atoms with Crippen LogP contribution in [0.2, 0.25) is 0 Å². The lowest BCUT2D eigenvalue weighted by atomic mass is 10.1. The van der Waals surface area contributed by atoms with Gasteiger partial charge in [-0.1, -0.05) is 19.1 Å². The van der Waals surface area contributed by atoms with E-state index in [1.807, 2.05) is 13.8 Å². The van der Waals surface area contributed by atoms with E-state index >= 15 is 0 Å². The molecule has 0 spiro atoms. The number of nitrogens with zero attached hydrogens (tertiary/aromatic N) is 2. The Morgan fingerprint density at radius 1 is 1.19 bits per heavy atom. The maximum absolute atomic E-state index is 12.7. The molecule has 0 unspecified atom stereocenters. The first-order valence-corrected chi connectivity index (χ1v) is 8.57. The van der Waals surface area contributed by atoms with Crippen molar-refractivity contribution in [2.75, 3.05) is 4.90 Å². The average Bonchev–Trinajstić information content (AvgIpc) is 2.67. The number of carbonyl (C=O) groups excluding carboxylic acids is 3. The number of hydrogen-bond acceptors (Lipinski definition) is 5. The molecule has 1 aliphatic rings. The molecule has 27 heavy (non-hydrogen) atoms. The molecular weight excluding hydrogens is 346 g/mol. The van der Waals surface area contributed by atoms with Gasteiger partial charge in [0.15, 0.2) is 0 Å². The molecule has 1 aromatic heterocycles. The van der Waals surface area contributed by atoms with E-state index in [1.54, 1.807) is 36.4 Å². The quantitative estimate of drug-likeness (QED) is 0.650. The molecule has 7 heteroatoms. The first-order valence-electron chi connectivity index (χ1n) is 8.57. The second kappa shape index (κ2) is 7.82. The van der Waals surface area contributed by atoms with Gasteiger partial charge in [-0.15, -0.1) is 0 Å². The molecule has 0 saturated carbocycles. The summed E-state index contributed by atoms with van der Waals surface area (Å²) in [6.45, 7) is 4.01. The zero-order valence-electron chi connectivity index (χ0n) is 15.0. The highest BCUT2D eigenvalue weighted by Gasteiger charge is 2.36. The monoisotopic (exact) mass is 365 g/mol. The molecule has 1 N–H and O–H groups in total. The van der Waals surface area contributed by atoms with Crippen LogP contribution in [0.15, 0.2) is 54.4 Å². The second-order valence-corrected chi connectivity index (χ2v) is 6.07. The minimum absolute atomic E-state index is 0.0963. The number of ether oxygens (including phenoxy) is 1. The number of pyridine rings is 1. The summed E-state index contributed by atoms with van der Waals surface area (Å²) in [4.78, 5) is 41.8. The molecule has 1 aliphatic heterocycles. The van der Waals surface area contributed by atoms with Gasteiger partial charge in [0.05, 0.1) is 18.0 Å². The van der Waals surface area contributed by atoms with Crippen LogP contribution in [0.4, 0.5) is 10.5 Å². The molecule has 0 bridgehead atoms. The summed E-state index contributed by atoms with van der Waals surface area (Å²) in [5.74, 6) is -0.722. The van der Waals surface area contributed by atoms with Crippen molar-refractivity contribution in [3.8, 4) is 5.75 Å². The zero-order chi connectivity index (χ0) is 19.4. The molecule has 1 aromatic carbocycles. The third-order valence-electron chi connectivity index (χ3n) is 4.11. The molecule has 0 aliphatic carbocycles. The fourth-order valence-electron chi connectivity index (χ4n) is 2.50. The molecule has 2 heterocycles. The number of anilines is 1. The van der Waals surface area contributed by atoms with Gasteiger partial charge in [0.1, 0.15) is 11.3 Å². The highest BCUT2D eigenvalue weighted by molar-refractivity contribution is 6.39. The van der Waals surface area contributed by atoms with E-state index in [-0.39, 0.29) is 17.4 Å². The standard InChI is InChI=1S/C20H19N3O4/c1-3-13(2)27-16-8-6-14(7-9-16)11-17-18(24)22-20(26)23(19(17)25)15-5-4-10-21-12-15/h4-13H,3H2,1-2H3,(H,22,24,26)/b17-11+/t13-/m0/s1. The summed E-state index contributed by atoms with van der Waals surface area (Å²) in [6, 6.07) is 9.41. The number of nitrogens with one attached hydrogen (secondary N) is 1. The van der Waals surface area contributed by atoms with E-state index in [4.69, 9.17) is 4.74 Å². The molecule has 1 fully saturated rings. The SMILES string of the molecule is CC[C@H](C)Oc1ccc(/C=C2\C(=O)NC(=O)N(c3cccnc3)C2=O)cc1. The lowest BCUT2D eigenvalue weighted by Gasteiger charge is -2.26. The summed E-state index contributed by atoms with van der Waals surface area (Å²) in [7, 11) is 0. The lowest BCUT2D eigenvalue weighted by Crippen LogP contribution is -2.54. The molecule has 3 rings (SSSR count). The normalized spacial score (nSPS) is 17.0. The van der Waals surface area contributed by atoms with Gasteiger partial charge in [-0.05, 0) is 49.2 Å². The van der Waals surface area contributed by atoms with Crippen LogP contribution in [0.3, 0.4) is 0 Å². The molecule has 138 valence electrons. The van der Waals surface area contributed by atoms with Gasteiger partial charge in [0.25, 0.3) is 11.8 Å². The molecule has 1 saturated heterocycles. The van der Waals surface area contributed by atoms with E-state index in [2.05, 4.69) is 10.3 Å². The van der Waals surface area contributed by atoms with Crippen molar-refractivity contribution in [2.24, 2.45) is 0 Å². The Labute approximate surface area is 156 Å². The van der Waals surface area contributed by atoms with Crippen molar-refractivity contribution in [3.05, 3.63) is 59.9 Å².